The van der Waals surface area contributed by atoms with Crippen molar-refractivity contribution in [1.82, 2.24) is 9.78 Å². The third-order valence-electron chi connectivity index (χ3n) is 4.24. The van der Waals surface area contributed by atoms with Gasteiger partial charge in [-0.05, 0) is 24.1 Å². The number of nitrogens with zero attached hydrogens (tertiary/aromatic N) is 3. The maximum Gasteiger partial charge on any atom is 0.515 e. The van der Waals surface area contributed by atoms with E-state index in [4.69, 9.17) is 4.74 Å². The van der Waals surface area contributed by atoms with Gasteiger partial charge in [0.2, 0.25) is 5.91 Å². The number of aromatic nitrogens is 2. The number of anilines is 1. The normalized spacial score (nSPS) is 10.4. The Balaban J connectivity index is 1.63. The van der Waals surface area contributed by atoms with Gasteiger partial charge in [-0.3, -0.25) is 19.6 Å². The van der Waals surface area contributed by atoms with Gasteiger partial charge in [0, 0.05) is 23.6 Å². The number of carbonyl (C=O) groups is 2. The molecule has 1 aromatic heterocycles. The molecule has 0 saturated heterocycles. The molecule has 11 heteroatoms. The zero-order chi connectivity index (χ0) is 22.9. The van der Waals surface area contributed by atoms with Crippen molar-refractivity contribution in [2.75, 3.05) is 18.2 Å². The molecule has 1 heterocycles. The van der Waals surface area contributed by atoms with Crippen LogP contribution in [0.4, 0.5) is 16.2 Å². The number of nitro groups is 1. The first kappa shape index (κ1) is 22.8. The van der Waals surface area contributed by atoms with E-state index in [0.29, 0.717) is 17.9 Å². The van der Waals surface area contributed by atoms with Crippen molar-refractivity contribution in [3.8, 4) is 5.88 Å². The summed E-state index contributed by atoms with van der Waals surface area (Å²) in [5, 5.41) is 17.6. The van der Waals surface area contributed by atoms with E-state index in [-0.39, 0.29) is 28.9 Å². The first-order valence-electron chi connectivity index (χ1n) is 9.49. The van der Waals surface area contributed by atoms with Crippen LogP contribution in [0, 0.1) is 10.1 Å². The summed E-state index contributed by atoms with van der Waals surface area (Å²) in [4.78, 5) is 34.9. The summed E-state index contributed by atoms with van der Waals surface area (Å²) >= 11 is 1.21. The Morgan fingerprint density at radius 3 is 2.53 bits per heavy atom. The van der Waals surface area contributed by atoms with Gasteiger partial charge in [0.25, 0.3) is 11.6 Å². The third-order valence-corrected chi connectivity index (χ3v) is 5.25. The summed E-state index contributed by atoms with van der Waals surface area (Å²) in [5.74, 6) is -0.380. The number of carbonyl (C=O) groups excluding carboxylic acids is 2. The van der Waals surface area contributed by atoms with E-state index in [1.165, 1.54) is 31.0 Å². The molecule has 0 saturated carbocycles. The number of hydrogen-bond donors (Lipinski definition) is 1. The minimum atomic E-state index is -0.950. The highest BCUT2D eigenvalue weighted by Gasteiger charge is 2.17. The predicted octanol–water partition coefficient (Wildman–Crippen LogP) is 3.91. The highest BCUT2D eigenvalue weighted by molar-refractivity contribution is 8.00. The molecule has 0 radical (unpaired) electrons. The lowest BCUT2D eigenvalue weighted by molar-refractivity contribution is -0.384. The molecule has 32 heavy (non-hydrogen) atoms. The lowest BCUT2D eigenvalue weighted by Gasteiger charge is -2.05. The van der Waals surface area contributed by atoms with Crippen LogP contribution < -0.4 is 10.1 Å². The predicted molar refractivity (Wildman–Crippen MR) is 118 cm³/mol. The molecule has 3 aromatic rings. The van der Waals surface area contributed by atoms with Crippen molar-refractivity contribution in [2.45, 2.75) is 17.9 Å². The van der Waals surface area contributed by atoms with Crippen LogP contribution in [0.2, 0.25) is 0 Å². The van der Waals surface area contributed by atoms with Crippen molar-refractivity contribution < 1.29 is 24.0 Å². The lowest BCUT2D eigenvalue weighted by atomic mass is 10.1. The Morgan fingerprint density at radius 1 is 1.16 bits per heavy atom. The molecule has 1 N–H and O–H groups in total. The monoisotopic (exact) mass is 456 g/mol. The Kier molecular flexibility index (Phi) is 7.81. The molecule has 3 rings (SSSR count). The van der Waals surface area contributed by atoms with Gasteiger partial charge < -0.3 is 14.8 Å². The van der Waals surface area contributed by atoms with E-state index in [2.05, 4.69) is 15.2 Å². The van der Waals surface area contributed by atoms with Gasteiger partial charge in [-0.2, -0.15) is 0 Å². The Labute approximate surface area is 187 Å². The molecule has 1 amide bonds. The summed E-state index contributed by atoms with van der Waals surface area (Å²) in [7, 11) is 1.17. The fourth-order valence-electron chi connectivity index (χ4n) is 2.69. The van der Waals surface area contributed by atoms with Crippen molar-refractivity contribution >= 4 is 35.2 Å². The zero-order valence-electron chi connectivity index (χ0n) is 17.1. The number of aryl methyl sites for hydroxylation is 2. The molecule has 0 bridgehead atoms. The Bertz CT molecular complexity index is 1090. The van der Waals surface area contributed by atoms with Crippen LogP contribution in [0.3, 0.4) is 0 Å². The minimum Gasteiger partial charge on any atom is -0.437 e. The molecular formula is C21H20N4O6S. The van der Waals surface area contributed by atoms with Gasteiger partial charge in [0.05, 0.1) is 24.0 Å². The van der Waals surface area contributed by atoms with Gasteiger partial charge in [0.1, 0.15) is 5.69 Å². The van der Waals surface area contributed by atoms with Crippen LogP contribution in [-0.4, -0.2) is 39.6 Å². The van der Waals surface area contributed by atoms with Crippen LogP contribution in [0.15, 0.2) is 65.7 Å². The first-order chi connectivity index (χ1) is 15.4. The highest BCUT2D eigenvalue weighted by Crippen LogP contribution is 2.25. The second kappa shape index (κ2) is 11.0. The van der Waals surface area contributed by atoms with Gasteiger partial charge in [-0.15, -0.1) is 16.9 Å². The van der Waals surface area contributed by atoms with E-state index < -0.39 is 11.1 Å². The van der Waals surface area contributed by atoms with Gasteiger partial charge in [-0.1, -0.05) is 30.3 Å². The Morgan fingerprint density at radius 2 is 1.88 bits per heavy atom. The number of rotatable bonds is 9. The van der Waals surface area contributed by atoms with Crippen molar-refractivity contribution in [1.29, 1.82) is 0 Å². The van der Waals surface area contributed by atoms with Crippen LogP contribution in [0.25, 0.3) is 0 Å². The largest absolute Gasteiger partial charge is 0.515 e. The summed E-state index contributed by atoms with van der Waals surface area (Å²) < 4.78 is 11.1. The number of nitrogens with one attached hydrogen (secondary N) is 1. The Hall–Kier alpha value is -3.86. The van der Waals surface area contributed by atoms with Gasteiger partial charge in [-0.25, -0.2) is 4.79 Å². The lowest BCUT2D eigenvalue weighted by Crippen LogP contribution is -2.15. The molecule has 0 aliphatic heterocycles. The van der Waals surface area contributed by atoms with E-state index in [9.17, 15) is 19.7 Å². The van der Waals surface area contributed by atoms with Crippen LogP contribution in [-0.2, 0) is 22.5 Å². The second-order valence-corrected chi connectivity index (χ2v) is 7.54. The number of amides is 1. The van der Waals surface area contributed by atoms with E-state index >= 15 is 0 Å². The second-order valence-electron chi connectivity index (χ2n) is 6.49. The summed E-state index contributed by atoms with van der Waals surface area (Å²) in [6, 6.07) is 15.7. The average molecular weight is 456 g/mol. The number of hydrogen-bond acceptors (Lipinski definition) is 8. The van der Waals surface area contributed by atoms with Crippen molar-refractivity contribution in [3.05, 3.63) is 76.5 Å². The van der Waals surface area contributed by atoms with Crippen LogP contribution in [0.5, 0.6) is 5.88 Å². The number of ether oxygens (including phenoxy) is 2. The summed E-state index contributed by atoms with van der Waals surface area (Å²) in [6.07, 6.45) is 1.33. The fourth-order valence-corrected chi connectivity index (χ4v) is 3.39. The molecule has 0 aliphatic rings. The number of thioether (sulfide) groups is 1. The minimum absolute atomic E-state index is 0.0219. The third kappa shape index (κ3) is 6.57. The molecule has 0 unspecified atom stereocenters. The first-order valence-corrected chi connectivity index (χ1v) is 10.5. The summed E-state index contributed by atoms with van der Waals surface area (Å²) in [6.45, 7) is 0.509. The smallest absolute Gasteiger partial charge is 0.437 e. The molecule has 0 aliphatic carbocycles. The molecule has 10 nitrogen and oxygen atoms in total. The number of methoxy groups -OCH3 is 1. The van der Waals surface area contributed by atoms with Gasteiger partial charge in [0.15, 0.2) is 0 Å². The average Bonchev–Trinajstić information content (AvgIpc) is 3.18. The van der Waals surface area contributed by atoms with Crippen LogP contribution >= 0.6 is 11.8 Å². The quantitative estimate of drug-likeness (QED) is 0.222. The topological polar surface area (TPSA) is 126 Å². The van der Waals surface area contributed by atoms with Crippen LogP contribution in [0.1, 0.15) is 5.56 Å². The highest BCUT2D eigenvalue weighted by atomic mass is 32.2. The zero-order valence-corrected chi connectivity index (χ0v) is 17.9. The maximum atomic E-state index is 12.4. The van der Waals surface area contributed by atoms with E-state index in [1.54, 1.807) is 23.0 Å². The standard InChI is InChI=1S/C21H20N4O6S/c1-30-21(27)31-20-18(13-24(23-20)12-11-15-5-3-2-4-6-15)22-19(26)14-32-17-9-7-16(8-10-17)25(28)29/h2-10,13H,11-12,14H2,1H3,(H,22,26). The van der Waals surface area contributed by atoms with Crippen molar-refractivity contribution in [3.63, 3.8) is 0 Å². The molecule has 166 valence electrons. The fraction of sp³-hybridized carbons (Fsp3) is 0.190. The molecule has 0 atom stereocenters. The van der Waals surface area contributed by atoms with Crippen molar-refractivity contribution in [2.24, 2.45) is 0 Å². The maximum absolute atomic E-state index is 12.4. The van der Waals surface area contributed by atoms with E-state index in [1.807, 2.05) is 30.3 Å². The number of nitro benzene ring substituents is 1. The number of benzene rings is 2. The molecule has 0 spiro atoms. The summed E-state index contributed by atoms with van der Waals surface area (Å²) in [5.41, 5.74) is 1.33. The molecular weight excluding hydrogens is 436 g/mol. The molecule has 2 aromatic carbocycles. The number of non-ortho nitro benzene ring substituents is 1. The van der Waals surface area contributed by atoms with Gasteiger partial charge >= 0.3 is 6.16 Å². The van der Waals surface area contributed by atoms with E-state index in [0.717, 1.165) is 5.56 Å². The SMILES string of the molecule is COC(=O)Oc1nn(CCc2ccccc2)cc1NC(=O)CSc1ccc([N+](=O)[O-])cc1. The molecule has 0 fully saturated rings.